The van der Waals surface area contributed by atoms with Crippen LogP contribution in [-0.4, -0.2) is 29.2 Å². The summed E-state index contributed by atoms with van der Waals surface area (Å²) in [5.41, 5.74) is 4.25. The molecule has 3 heterocycles. The monoisotopic (exact) mass is 432 g/mol. The number of nitrogens with one attached hydrogen (secondary N) is 2. The number of carbonyl (C=O) groups excluding carboxylic acids is 1. The molecule has 0 saturated carbocycles. The maximum absolute atomic E-state index is 13.0. The van der Waals surface area contributed by atoms with Crippen molar-refractivity contribution in [2.45, 2.75) is 13.0 Å². The van der Waals surface area contributed by atoms with Crippen molar-refractivity contribution in [2.75, 3.05) is 23.5 Å². The fourth-order valence-electron chi connectivity index (χ4n) is 3.74. The van der Waals surface area contributed by atoms with Crippen LogP contribution in [0.3, 0.4) is 0 Å². The molecule has 8 nitrogen and oxygen atoms in total. The molecule has 3 aromatic rings. The average Bonchev–Trinajstić information content (AvgIpc) is 2.79. The van der Waals surface area contributed by atoms with Crippen LogP contribution in [0.25, 0.3) is 0 Å². The van der Waals surface area contributed by atoms with Gasteiger partial charge >= 0.3 is 0 Å². The summed E-state index contributed by atoms with van der Waals surface area (Å²) in [6.07, 6.45) is 2.39. The van der Waals surface area contributed by atoms with Crippen LogP contribution in [0.2, 0.25) is 5.02 Å². The Morgan fingerprint density at radius 2 is 2.16 bits per heavy atom. The van der Waals surface area contributed by atoms with Gasteiger partial charge in [-0.3, -0.25) is 9.69 Å². The number of carbonyl (C=O) groups is 1. The smallest absolute Gasteiger partial charge is 0.268 e. The van der Waals surface area contributed by atoms with Crippen molar-refractivity contribution < 1.29 is 9.53 Å². The molecule has 0 radical (unpaired) electrons. The molecule has 0 unspecified atom stereocenters. The number of para-hydroxylation sites is 1. The number of aromatic nitrogens is 2. The first-order chi connectivity index (χ1) is 15.1. The molecular weight excluding hydrogens is 416 g/mol. The second-order valence-corrected chi connectivity index (χ2v) is 7.61. The molecule has 31 heavy (non-hydrogen) atoms. The molecular formula is C22H17ClN6O2. The molecule has 2 aliphatic heterocycles. The van der Waals surface area contributed by atoms with Crippen LogP contribution >= 0.6 is 11.6 Å². The van der Waals surface area contributed by atoms with Crippen molar-refractivity contribution in [1.82, 2.24) is 15.3 Å². The van der Waals surface area contributed by atoms with E-state index in [2.05, 4.69) is 38.8 Å². The van der Waals surface area contributed by atoms with Crippen LogP contribution in [0.15, 0.2) is 42.6 Å². The highest BCUT2D eigenvalue weighted by atomic mass is 35.5. The molecule has 0 saturated heterocycles. The van der Waals surface area contributed by atoms with Crippen LogP contribution in [0.4, 0.5) is 17.3 Å². The van der Waals surface area contributed by atoms with Crippen molar-refractivity contribution in [3.8, 4) is 11.9 Å². The molecule has 2 N–H and O–H groups in total. The Kier molecular flexibility index (Phi) is 4.90. The Balaban J connectivity index is 1.41. The number of anilines is 3. The maximum Gasteiger partial charge on any atom is 0.268 e. The SMILES string of the molecule is N#Cc1cccc(Cl)c1N1COc2nc(Nc3ccc4c(c3)CCNC4)ncc2C1=O. The molecule has 5 rings (SSSR count). The lowest BCUT2D eigenvalue weighted by molar-refractivity contribution is 0.0932. The molecule has 0 bridgehead atoms. The van der Waals surface area contributed by atoms with Crippen LogP contribution in [-0.2, 0) is 13.0 Å². The Hall–Kier alpha value is -3.67. The second kappa shape index (κ2) is 7.87. The van der Waals surface area contributed by atoms with E-state index < -0.39 is 0 Å². The summed E-state index contributed by atoms with van der Waals surface area (Å²) >= 11 is 6.25. The molecule has 1 aromatic heterocycles. The second-order valence-electron chi connectivity index (χ2n) is 7.20. The number of rotatable bonds is 3. The molecule has 2 aliphatic rings. The molecule has 0 aliphatic carbocycles. The van der Waals surface area contributed by atoms with Crippen molar-refractivity contribution in [3.63, 3.8) is 0 Å². The van der Waals surface area contributed by atoms with Gasteiger partial charge in [0.2, 0.25) is 11.8 Å². The average molecular weight is 433 g/mol. The van der Waals surface area contributed by atoms with E-state index in [1.807, 2.05) is 6.07 Å². The summed E-state index contributed by atoms with van der Waals surface area (Å²) in [4.78, 5) is 23.0. The zero-order valence-corrected chi connectivity index (χ0v) is 17.1. The number of nitrogens with zero attached hydrogens (tertiary/aromatic N) is 4. The van der Waals surface area contributed by atoms with Crippen molar-refractivity contribution in [2.24, 2.45) is 0 Å². The first-order valence-corrected chi connectivity index (χ1v) is 10.1. The van der Waals surface area contributed by atoms with E-state index in [-0.39, 0.29) is 29.6 Å². The minimum absolute atomic E-state index is 0.105. The first kappa shape index (κ1) is 19.3. The number of hydrogen-bond acceptors (Lipinski definition) is 7. The lowest BCUT2D eigenvalue weighted by Gasteiger charge is -2.29. The predicted octanol–water partition coefficient (Wildman–Crippen LogP) is 3.39. The van der Waals surface area contributed by atoms with Crippen molar-refractivity contribution >= 4 is 34.8 Å². The number of fused-ring (bicyclic) bond motifs is 2. The van der Waals surface area contributed by atoms with Gasteiger partial charge in [-0.2, -0.15) is 10.2 Å². The van der Waals surface area contributed by atoms with Crippen LogP contribution < -0.4 is 20.3 Å². The molecule has 154 valence electrons. The minimum atomic E-state index is -0.376. The number of benzene rings is 2. The number of nitriles is 1. The molecule has 9 heteroatoms. The van der Waals surface area contributed by atoms with Crippen molar-refractivity contribution in [1.29, 1.82) is 5.26 Å². The predicted molar refractivity (Wildman–Crippen MR) is 116 cm³/mol. The largest absolute Gasteiger partial charge is 0.455 e. The Morgan fingerprint density at radius 3 is 3.03 bits per heavy atom. The molecule has 0 atom stereocenters. The summed E-state index contributed by atoms with van der Waals surface area (Å²) in [5.74, 6) is 0.148. The fourth-order valence-corrected chi connectivity index (χ4v) is 4.02. The van der Waals surface area contributed by atoms with Gasteiger partial charge in [0.1, 0.15) is 11.6 Å². The number of amides is 1. The van der Waals surface area contributed by atoms with Gasteiger partial charge in [-0.1, -0.05) is 23.7 Å². The molecule has 0 spiro atoms. The summed E-state index contributed by atoms with van der Waals surface area (Å²) in [6.45, 7) is 1.72. The standard InChI is InChI=1S/C22H17ClN6O2/c23-18-3-1-2-14(9-24)19(18)29-12-31-20-17(21(29)30)11-26-22(28-20)27-16-5-4-15-10-25-7-6-13(15)8-16/h1-5,8,11,25H,6-7,10,12H2,(H,26,27,28). The van der Waals surface area contributed by atoms with Gasteiger partial charge in [0.15, 0.2) is 6.73 Å². The van der Waals surface area contributed by atoms with Gasteiger partial charge in [0.05, 0.1) is 16.3 Å². The Morgan fingerprint density at radius 1 is 1.26 bits per heavy atom. The van der Waals surface area contributed by atoms with E-state index in [9.17, 15) is 10.1 Å². The third-order valence-electron chi connectivity index (χ3n) is 5.29. The summed E-state index contributed by atoms with van der Waals surface area (Å²) < 4.78 is 5.72. The first-order valence-electron chi connectivity index (χ1n) is 9.74. The number of halogens is 1. The topological polar surface area (TPSA) is 103 Å². The number of hydrogen-bond donors (Lipinski definition) is 2. The van der Waals surface area contributed by atoms with Gasteiger partial charge in [0.25, 0.3) is 5.91 Å². The van der Waals surface area contributed by atoms with E-state index in [0.717, 1.165) is 25.2 Å². The maximum atomic E-state index is 13.0. The van der Waals surface area contributed by atoms with Crippen molar-refractivity contribution in [3.05, 3.63) is 69.9 Å². The van der Waals surface area contributed by atoms with Gasteiger partial charge < -0.3 is 15.4 Å². The lowest BCUT2D eigenvalue weighted by atomic mass is 10.0. The van der Waals surface area contributed by atoms with E-state index in [1.54, 1.807) is 18.2 Å². The summed E-state index contributed by atoms with van der Waals surface area (Å²) in [5, 5.41) is 16.2. The Labute approximate surface area is 183 Å². The molecule has 1 amide bonds. The highest BCUT2D eigenvalue weighted by molar-refractivity contribution is 6.34. The normalized spacial score (nSPS) is 14.8. The van der Waals surface area contributed by atoms with Gasteiger partial charge in [-0.15, -0.1) is 0 Å². The highest BCUT2D eigenvalue weighted by Crippen LogP contribution is 2.34. The number of ether oxygens (including phenoxy) is 1. The van der Waals surface area contributed by atoms with E-state index in [0.29, 0.717) is 16.7 Å². The zero-order chi connectivity index (χ0) is 21.4. The van der Waals surface area contributed by atoms with E-state index >= 15 is 0 Å². The lowest BCUT2D eigenvalue weighted by Crippen LogP contribution is -2.40. The highest BCUT2D eigenvalue weighted by Gasteiger charge is 2.31. The van der Waals surface area contributed by atoms with Gasteiger partial charge in [0, 0.05) is 18.4 Å². The third-order valence-corrected chi connectivity index (χ3v) is 5.59. The van der Waals surface area contributed by atoms with Gasteiger partial charge in [-0.25, -0.2) is 4.98 Å². The molecule has 2 aromatic carbocycles. The fraction of sp³-hybridized carbons (Fsp3) is 0.182. The zero-order valence-electron chi connectivity index (χ0n) is 16.4. The minimum Gasteiger partial charge on any atom is -0.455 e. The van der Waals surface area contributed by atoms with Crippen LogP contribution in [0, 0.1) is 11.3 Å². The Bertz CT molecular complexity index is 1240. The van der Waals surface area contributed by atoms with Crippen LogP contribution in [0.1, 0.15) is 27.0 Å². The summed E-state index contributed by atoms with van der Waals surface area (Å²) in [7, 11) is 0. The third kappa shape index (κ3) is 3.54. The summed E-state index contributed by atoms with van der Waals surface area (Å²) in [6, 6.07) is 13.1. The van der Waals surface area contributed by atoms with E-state index in [4.69, 9.17) is 16.3 Å². The van der Waals surface area contributed by atoms with Gasteiger partial charge in [-0.05, 0) is 48.4 Å². The molecule has 0 fully saturated rings. The quantitative estimate of drug-likeness (QED) is 0.653. The van der Waals surface area contributed by atoms with E-state index in [1.165, 1.54) is 22.2 Å². The van der Waals surface area contributed by atoms with Crippen LogP contribution in [0.5, 0.6) is 5.88 Å².